The Morgan fingerprint density at radius 3 is 1.83 bits per heavy atom. The Hall–Kier alpha value is 0.300. The van der Waals surface area contributed by atoms with Crippen LogP contribution in [0, 0.1) is 0 Å². The normalized spacial score (nSPS) is 21.3. The van der Waals surface area contributed by atoms with Gasteiger partial charge in [-0.25, -0.2) is 4.90 Å². The van der Waals surface area contributed by atoms with Crippen LogP contribution in [0.4, 0.5) is 0 Å². The molecule has 2 nitrogen and oxygen atoms in total. The zero-order valence-corrected chi connectivity index (χ0v) is 13.2. The van der Waals surface area contributed by atoms with E-state index in [9.17, 15) is 0 Å². The zero-order valence-electron chi connectivity index (χ0n) is 10.1. The zero-order chi connectivity index (χ0) is 13.6. The third kappa shape index (κ3) is 2.35. The summed E-state index contributed by atoms with van der Waals surface area (Å²) in [7, 11) is 3.94. The van der Waals surface area contributed by atoms with Gasteiger partial charge in [-0.2, -0.15) is 0 Å². The second-order valence-electron chi connectivity index (χ2n) is 4.58. The molecule has 0 atom stereocenters. The number of halogens is 4. The predicted molar refractivity (Wildman–Crippen MR) is 78.5 cm³/mol. The first kappa shape index (κ1) is 14.7. The van der Waals surface area contributed by atoms with Crippen LogP contribution < -0.4 is 0 Å². The highest BCUT2D eigenvalue weighted by atomic mass is 35.5. The topological polar surface area (TPSA) is 6.48 Å². The second kappa shape index (κ2) is 5.01. The molecular weight excluding hydrogens is 314 g/mol. The minimum absolute atomic E-state index is 0.571. The third-order valence-corrected chi connectivity index (χ3v) is 4.65. The van der Waals surface area contributed by atoms with E-state index in [1.54, 1.807) is 4.90 Å². The van der Waals surface area contributed by atoms with Crippen molar-refractivity contribution >= 4 is 46.4 Å². The van der Waals surface area contributed by atoms with E-state index in [0.717, 1.165) is 17.7 Å². The summed E-state index contributed by atoms with van der Waals surface area (Å²) in [6.07, 6.45) is 0. The Morgan fingerprint density at radius 2 is 1.44 bits per heavy atom. The molecule has 1 aliphatic heterocycles. The van der Waals surface area contributed by atoms with E-state index >= 15 is 0 Å². The predicted octanol–water partition coefficient (Wildman–Crippen LogP) is 3.74. The fourth-order valence-electron chi connectivity index (χ4n) is 2.06. The summed E-state index contributed by atoms with van der Waals surface area (Å²) < 4.78 is -2.40. The first-order valence-electron chi connectivity index (χ1n) is 5.56. The lowest BCUT2D eigenvalue weighted by Gasteiger charge is -2.34. The van der Waals surface area contributed by atoms with Gasteiger partial charge in [0.15, 0.2) is 8.91 Å². The smallest absolute Gasteiger partial charge is 0.200 e. The molecule has 0 radical (unpaired) electrons. The number of hydrogen-bond donors (Lipinski definition) is 0. The van der Waals surface area contributed by atoms with Crippen LogP contribution in [0.25, 0.3) is 0 Å². The Labute approximate surface area is 127 Å². The molecule has 1 aromatic carbocycles. The van der Waals surface area contributed by atoms with Gasteiger partial charge in [-0.05, 0) is 14.1 Å². The van der Waals surface area contributed by atoms with Crippen molar-refractivity contribution in [3.05, 3.63) is 35.4 Å². The molecule has 0 N–H and O–H groups in total. The van der Waals surface area contributed by atoms with Crippen molar-refractivity contribution in [3.63, 3.8) is 0 Å². The van der Waals surface area contributed by atoms with E-state index in [2.05, 4.69) is 0 Å². The van der Waals surface area contributed by atoms with Gasteiger partial charge in [0.25, 0.3) is 0 Å². The molecule has 0 bridgehead atoms. The molecule has 0 amide bonds. The highest BCUT2D eigenvalue weighted by Gasteiger charge is 2.55. The molecule has 100 valence electrons. The highest BCUT2D eigenvalue weighted by Crippen LogP contribution is 2.57. The molecule has 0 aliphatic carbocycles. The Balaban J connectivity index is 2.39. The van der Waals surface area contributed by atoms with Gasteiger partial charge in [-0.1, -0.05) is 70.7 Å². The fraction of sp³-hybridized carbons (Fsp3) is 0.500. The molecular formula is C12H14Cl4N2. The standard InChI is InChI=1S/C12H14Cl4N2/c1-17(2)7-8-18-11(13,14)9-5-3-4-6-10(9)12(18,15)16/h3-6H,7-8H2,1-2H3. The maximum atomic E-state index is 6.44. The minimum Gasteiger partial charge on any atom is -0.308 e. The number of hydrogen-bond acceptors (Lipinski definition) is 2. The van der Waals surface area contributed by atoms with Gasteiger partial charge in [0.1, 0.15) is 0 Å². The maximum Gasteiger partial charge on any atom is 0.200 e. The average Bonchev–Trinajstić information content (AvgIpc) is 2.42. The van der Waals surface area contributed by atoms with E-state index in [0.29, 0.717) is 6.54 Å². The molecule has 1 heterocycles. The summed E-state index contributed by atoms with van der Waals surface area (Å²) >= 11 is 25.7. The van der Waals surface area contributed by atoms with Crippen molar-refractivity contribution in [2.24, 2.45) is 0 Å². The van der Waals surface area contributed by atoms with Gasteiger partial charge >= 0.3 is 0 Å². The molecule has 0 aromatic heterocycles. The van der Waals surface area contributed by atoms with Crippen LogP contribution in [0.5, 0.6) is 0 Å². The Kier molecular flexibility index (Phi) is 4.09. The molecule has 18 heavy (non-hydrogen) atoms. The summed E-state index contributed by atoms with van der Waals surface area (Å²) in [5.74, 6) is 0. The molecule has 6 heteroatoms. The lowest BCUT2D eigenvalue weighted by atomic mass is 10.1. The number of fused-ring (bicyclic) bond motifs is 1. The summed E-state index contributed by atoms with van der Waals surface area (Å²) in [5, 5.41) is 0. The van der Waals surface area contributed by atoms with Gasteiger partial charge < -0.3 is 4.90 Å². The van der Waals surface area contributed by atoms with Crippen LogP contribution in [-0.2, 0) is 8.91 Å². The van der Waals surface area contributed by atoms with Crippen LogP contribution in [0.15, 0.2) is 24.3 Å². The van der Waals surface area contributed by atoms with Crippen LogP contribution in [0.3, 0.4) is 0 Å². The van der Waals surface area contributed by atoms with E-state index in [1.165, 1.54) is 0 Å². The molecule has 0 fully saturated rings. The maximum absolute atomic E-state index is 6.44. The molecule has 2 rings (SSSR count). The molecule has 0 saturated carbocycles. The van der Waals surface area contributed by atoms with Gasteiger partial charge in [0, 0.05) is 24.2 Å². The number of nitrogens with zero attached hydrogens (tertiary/aromatic N) is 2. The van der Waals surface area contributed by atoms with Crippen molar-refractivity contribution in [1.82, 2.24) is 9.80 Å². The van der Waals surface area contributed by atoms with E-state index < -0.39 is 8.91 Å². The Bertz CT molecular complexity index is 410. The summed E-state index contributed by atoms with van der Waals surface area (Å²) in [5.41, 5.74) is 1.49. The number of alkyl halides is 4. The van der Waals surface area contributed by atoms with E-state index in [4.69, 9.17) is 46.4 Å². The monoisotopic (exact) mass is 326 g/mol. The van der Waals surface area contributed by atoms with Crippen molar-refractivity contribution in [2.75, 3.05) is 27.2 Å². The quantitative estimate of drug-likeness (QED) is 0.616. The van der Waals surface area contributed by atoms with Gasteiger partial charge in [-0.3, -0.25) is 0 Å². The van der Waals surface area contributed by atoms with Crippen LogP contribution >= 0.6 is 46.4 Å². The largest absolute Gasteiger partial charge is 0.308 e. The second-order valence-corrected chi connectivity index (χ2v) is 7.16. The van der Waals surface area contributed by atoms with Crippen molar-refractivity contribution in [1.29, 1.82) is 0 Å². The summed E-state index contributed by atoms with van der Waals surface area (Å²) in [6, 6.07) is 7.45. The number of benzene rings is 1. The third-order valence-electron chi connectivity index (χ3n) is 3.02. The lowest BCUT2D eigenvalue weighted by molar-refractivity contribution is 0.185. The van der Waals surface area contributed by atoms with Gasteiger partial charge in [0.2, 0.25) is 0 Å². The molecule has 0 unspecified atom stereocenters. The summed E-state index contributed by atoms with van der Waals surface area (Å²) in [6.45, 7) is 1.33. The van der Waals surface area contributed by atoms with Crippen molar-refractivity contribution in [2.45, 2.75) is 8.91 Å². The average molecular weight is 328 g/mol. The van der Waals surface area contributed by atoms with Crippen molar-refractivity contribution < 1.29 is 0 Å². The number of rotatable bonds is 3. The van der Waals surface area contributed by atoms with E-state index in [1.807, 2.05) is 43.3 Å². The van der Waals surface area contributed by atoms with Gasteiger partial charge in [-0.15, -0.1) is 0 Å². The fourth-order valence-corrected chi connectivity index (χ4v) is 3.73. The van der Waals surface area contributed by atoms with Crippen molar-refractivity contribution in [3.8, 4) is 0 Å². The molecule has 0 saturated heterocycles. The first-order valence-corrected chi connectivity index (χ1v) is 7.07. The molecule has 1 aliphatic rings. The Morgan fingerprint density at radius 1 is 1.00 bits per heavy atom. The minimum atomic E-state index is -1.20. The summed E-state index contributed by atoms with van der Waals surface area (Å²) in [4.78, 5) is 3.72. The first-order chi connectivity index (χ1) is 8.28. The van der Waals surface area contributed by atoms with Crippen LogP contribution in [0.2, 0.25) is 0 Å². The molecule has 1 aromatic rings. The van der Waals surface area contributed by atoms with Gasteiger partial charge in [0.05, 0.1) is 0 Å². The van der Waals surface area contributed by atoms with E-state index in [-0.39, 0.29) is 0 Å². The van der Waals surface area contributed by atoms with Crippen LogP contribution in [0.1, 0.15) is 11.1 Å². The SMILES string of the molecule is CN(C)CCN1C(Cl)(Cl)c2ccccc2C1(Cl)Cl. The molecule has 0 spiro atoms. The lowest BCUT2D eigenvalue weighted by Crippen LogP contribution is -2.43. The van der Waals surface area contributed by atoms with Crippen LogP contribution in [-0.4, -0.2) is 37.0 Å². The highest BCUT2D eigenvalue weighted by molar-refractivity contribution is 6.53. The number of likely N-dealkylation sites (N-methyl/N-ethyl adjacent to an activating group) is 1.